The lowest BCUT2D eigenvalue weighted by molar-refractivity contribution is -0.00922. The van der Waals surface area contributed by atoms with E-state index in [0.717, 1.165) is 48.5 Å². The number of fused-ring (bicyclic) bond motifs is 1. The van der Waals surface area contributed by atoms with Gasteiger partial charge in [0, 0.05) is 48.5 Å². The topological polar surface area (TPSA) is 67.4 Å². The molecule has 0 radical (unpaired) electrons. The summed E-state index contributed by atoms with van der Waals surface area (Å²) in [6.07, 6.45) is 3.47. The summed E-state index contributed by atoms with van der Waals surface area (Å²) in [5.74, 6) is -0.0831. The first-order chi connectivity index (χ1) is 14.0. The Bertz CT molecular complexity index is 998. The lowest BCUT2D eigenvalue weighted by atomic mass is 10.0. The van der Waals surface area contributed by atoms with Gasteiger partial charge in [-0.3, -0.25) is 14.7 Å². The number of hydrogen-bond donors (Lipinski definition) is 1. The van der Waals surface area contributed by atoms with Gasteiger partial charge in [0.05, 0.1) is 30.0 Å². The molecular formula is C23H26N4O2. The Morgan fingerprint density at radius 2 is 1.86 bits per heavy atom. The molecular weight excluding hydrogens is 364 g/mol. The Balaban J connectivity index is 1.61. The van der Waals surface area contributed by atoms with E-state index < -0.39 is 0 Å². The molecule has 0 unspecified atom stereocenters. The molecule has 4 rings (SSSR count). The second kappa shape index (κ2) is 8.27. The van der Waals surface area contributed by atoms with Gasteiger partial charge in [-0.15, -0.1) is 0 Å². The molecule has 1 aliphatic rings. The number of rotatable bonds is 5. The number of hydrogen-bond acceptors (Lipinski definition) is 5. The molecule has 0 atom stereocenters. The molecule has 0 bridgehead atoms. The number of nitrogens with zero attached hydrogens (tertiary/aromatic N) is 3. The van der Waals surface area contributed by atoms with E-state index in [1.54, 1.807) is 12.4 Å². The molecule has 1 saturated heterocycles. The minimum atomic E-state index is -0.143. The van der Waals surface area contributed by atoms with Gasteiger partial charge < -0.3 is 10.1 Å². The zero-order chi connectivity index (χ0) is 20.3. The monoisotopic (exact) mass is 390 g/mol. The summed E-state index contributed by atoms with van der Waals surface area (Å²) in [5, 5.41) is 4.00. The molecule has 6 nitrogen and oxygen atoms in total. The highest BCUT2D eigenvalue weighted by molar-refractivity contribution is 6.07. The van der Waals surface area contributed by atoms with Crippen LogP contribution in [0.3, 0.4) is 0 Å². The van der Waals surface area contributed by atoms with Crippen LogP contribution in [0.2, 0.25) is 0 Å². The summed E-state index contributed by atoms with van der Waals surface area (Å²) in [5.41, 5.74) is 3.01. The summed E-state index contributed by atoms with van der Waals surface area (Å²) in [6, 6.07) is 13.4. The third-order valence-electron chi connectivity index (χ3n) is 5.49. The molecule has 6 heteroatoms. The standard InChI is InChI=1S/C23H26N4O2/c1-23(2,27-11-13-29-14-12-27)16-25-22(28)19-15-21(17-7-9-24-10-8-17)26-20-6-4-3-5-18(19)20/h3-10,15H,11-14,16H2,1-2H3,(H,25,28). The van der Waals surface area contributed by atoms with Crippen molar-refractivity contribution in [3.8, 4) is 11.3 Å². The van der Waals surface area contributed by atoms with Crippen molar-refractivity contribution in [3.05, 3.63) is 60.4 Å². The summed E-state index contributed by atoms with van der Waals surface area (Å²) in [6.45, 7) is 8.12. The number of benzene rings is 1. The normalized spacial score (nSPS) is 15.4. The van der Waals surface area contributed by atoms with Crippen molar-refractivity contribution in [2.45, 2.75) is 19.4 Å². The number of ether oxygens (including phenoxy) is 1. The Hall–Kier alpha value is -2.83. The fourth-order valence-corrected chi connectivity index (χ4v) is 3.71. The average Bonchev–Trinajstić information content (AvgIpc) is 2.78. The number of carbonyl (C=O) groups excluding carboxylic acids is 1. The Kier molecular flexibility index (Phi) is 5.56. The molecule has 1 aliphatic heterocycles. The van der Waals surface area contributed by atoms with Crippen molar-refractivity contribution >= 4 is 16.8 Å². The SMILES string of the molecule is CC(C)(CNC(=O)c1cc(-c2ccncc2)nc2ccccc12)N1CCOCC1. The molecule has 3 aromatic rings. The molecule has 1 amide bonds. The van der Waals surface area contributed by atoms with E-state index in [2.05, 4.69) is 29.0 Å². The average molecular weight is 390 g/mol. The van der Waals surface area contributed by atoms with Gasteiger partial charge in [-0.1, -0.05) is 18.2 Å². The minimum absolute atomic E-state index is 0.0831. The van der Waals surface area contributed by atoms with Crippen LogP contribution in [0, 0.1) is 0 Å². The summed E-state index contributed by atoms with van der Waals surface area (Å²) < 4.78 is 5.45. The van der Waals surface area contributed by atoms with Crippen molar-refractivity contribution in [2.75, 3.05) is 32.8 Å². The highest BCUT2D eigenvalue weighted by Crippen LogP contribution is 2.25. The first kappa shape index (κ1) is 19.5. The van der Waals surface area contributed by atoms with E-state index in [9.17, 15) is 4.79 Å². The lowest BCUT2D eigenvalue weighted by Crippen LogP contribution is -2.55. The molecule has 0 saturated carbocycles. The molecule has 2 aromatic heterocycles. The number of morpholine rings is 1. The third kappa shape index (κ3) is 4.28. The summed E-state index contributed by atoms with van der Waals surface area (Å²) in [7, 11) is 0. The molecule has 29 heavy (non-hydrogen) atoms. The Morgan fingerprint density at radius 1 is 1.14 bits per heavy atom. The fourth-order valence-electron chi connectivity index (χ4n) is 3.71. The molecule has 1 aromatic carbocycles. The number of aromatic nitrogens is 2. The molecule has 1 N–H and O–H groups in total. The maximum Gasteiger partial charge on any atom is 0.252 e. The van der Waals surface area contributed by atoms with Gasteiger partial charge in [0.2, 0.25) is 0 Å². The molecule has 1 fully saturated rings. The van der Waals surface area contributed by atoms with Gasteiger partial charge in [0.25, 0.3) is 5.91 Å². The Morgan fingerprint density at radius 3 is 2.62 bits per heavy atom. The highest BCUT2D eigenvalue weighted by atomic mass is 16.5. The van der Waals surface area contributed by atoms with E-state index in [1.165, 1.54) is 0 Å². The largest absolute Gasteiger partial charge is 0.379 e. The lowest BCUT2D eigenvalue weighted by Gasteiger charge is -2.40. The number of carbonyl (C=O) groups is 1. The van der Waals surface area contributed by atoms with Gasteiger partial charge in [0.15, 0.2) is 0 Å². The van der Waals surface area contributed by atoms with Crippen molar-refractivity contribution in [1.29, 1.82) is 0 Å². The van der Waals surface area contributed by atoms with Crippen LogP contribution in [-0.2, 0) is 4.74 Å². The third-order valence-corrected chi connectivity index (χ3v) is 5.49. The zero-order valence-corrected chi connectivity index (χ0v) is 16.9. The van der Waals surface area contributed by atoms with Crippen LogP contribution in [-0.4, -0.2) is 59.2 Å². The van der Waals surface area contributed by atoms with Crippen molar-refractivity contribution < 1.29 is 9.53 Å². The van der Waals surface area contributed by atoms with Crippen molar-refractivity contribution in [2.24, 2.45) is 0 Å². The van der Waals surface area contributed by atoms with Crippen LogP contribution in [0.15, 0.2) is 54.9 Å². The van der Waals surface area contributed by atoms with Gasteiger partial charge in [0.1, 0.15) is 0 Å². The fraction of sp³-hybridized carbons (Fsp3) is 0.348. The second-order valence-electron chi connectivity index (χ2n) is 7.90. The molecule has 3 heterocycles. The van der Waals surface area contributed by atoms with Crippen LogP contribution < -0.4 is 5.32 Å². The van der Waals surface area contributed by atoms with E-state index in [1.807, 2.05) is 42.5 Å². The minimum Gasteiger partial charge on any atom is -0.379 e. The number of para-hydroxylation sites is 1. The van der Waals surface area contributed by atoms with Crippen molar-refractivity contribution in [1.82, 2.24) is 20.2 Å². The molecule has 0 spiro atoms. The number of amides is 1. The zero-order valence-electron chi connectivity index (χ0n) is 16.9. The van der Waals surface area contributed by atoms with Crippen LogP contribution in [0.5, 0.6) is 0 Å². The van der Waals surface area contributed by atoms with Crippen LogP contribution in [0.1, 0.15) is 24.2 Å². The summed E-state index contributed by atoms with van der Waals surface area (Å²) in [4.78, 5) is 24.4. The molecule has 150 valence electrons. The van der Waals surface area contributed by atoms with Crippen molar-refractivity contribution in [3.63, 3.8) is 0 Å². The van der Waals surface area contributed by atoms with Crippen LogP contribution >= 0.6 is 0 Å². The van der Waals surface area contributed by atoms with E-state index in [-0.39, 0.29) is 11.4 Å². The highest BCUT2D eigenvalue weighted by Gasteiger charge is 2.29. The van der Waals surface area contributed by atoms with Gasteiger partial charge in [-0.25, -0.2) is 4.98 Å². The maximum absolute atomic E-state index is 13.2. The second-order valence-corrected chi connectivity index (χ2v) is 7.90. The number of pyridine rings is 2. The smallest absolute Gasteiger partial charge is 0.252 e. The van der Waals surface area contributed by atoms with Gasteiger partial charge in [-0.2, -0.15) is 0 Å². The van der Waals surface area contributed by atoms with E-state index in [4.69, 9.17) is 9.72 Å². The van der Waals surface area contributed by atoms with Crippen LogP contribution in [0.25, 0.3) is 22.2 Å². The van der Waals surface area contributed by atoms with Gasteiger partial charge in [-0.05, 0) is 38.1 Å². The molecule has 0 aliphatic carbocycles. The summed E-state index contributed by atoms with van der Waals surface area (Å²) >= 11 is 0. The van der Waals surface area contributed by atoms with Gasteiger partial charge >= 0.3 is 0 Å². The first-order valence-corrected chi connectivity index (χ1v) is 9.96. The predicted molar refractivity (Wildman–Crippen MR) is 114 cm³/mol. The number of nitrogens with one attached hydrogen (secondary N) is 1. The van der Waals surface area contributed by atoms with Crippen LogP contribution in [0.4, 0.5) is 0 Å². The Labute approximate surface area is 170 Å². The first-order valence-electron chi connectivity index (χ1n) is 9.96. The van der Waals surface area contributed by atoms with E-state index in [0.29, 0.717) is 12.1 Å². The van der Waals surface area contributed by atoms with E-state index >= 15 is 0 Å². The quantitative estimate of drug-likeness (QED) is 0.725. The predicted octanol–water partition coefficient (Wildman–Crippen LogP) is 3.14. The maximum atomic E-state index is 13.2.